The summed E-state index contributed by atoms with van der Waals surface area (Å²) in [6.07, 6.45) is 11.5. The standard InChI is InChI=1S/C26H34IN3O2/c27-19-7-5-18(6-8-19)17-29-25(32)23-21-10-9-20(26(21)11-12-26)22(23)24(31)28-13-1-2-14-30-15-3-4-16-30/h5-10,20-23H,1-4,11-17H2,(H,28,31)(H,29,32)/t20-,21+,22-,23-/m1/s1. The SMILES string of the molecule is O=C(NCCCCN1CCCC1)[C@H]1[C@H](C(=O)NCc2ccc(I)cc2)[C@@H]2C=C[C@H]1C21CC1. The first-order valence-electron chi connectivity index (χ1n) is 12.3. The number of carbonyl (C=O) groups is 2. The summed E-state index contributed by atoms with van der Waals surface area (Å²) in [6, 6.07) is 8.22. The minimum atomic E-state index is -0.235. The lowest BCUT2D eigenvalue weighted by atomic mass is 9.81. The summed E-state index contributed by atoms with van der Waals surface area (Å²) >= 11 is 2.29. The van der Waals surface area contributed by atoms with Crippen LogP contribution in [-0.2, 0) is 16.1 Å². The van der Waals surface area contributed by atoms with Gasteiger partial charge in [0.1, 0.15) is 0 Å². The van der Waals surface area contributed by atoms with Crippen LogP contribution in [0.3, 0.4) is 0 Å². The lowest BCUT2D eigenvalue weighted by Gasteiger charge is -2.26. The molecule has 172 valence electrons. The molecule has 1 aromatic carbocycles. The molecule has 3 aliphatic carbocycles. The van der Waals surface area contributed by atoms with Crippen molar-refractivity contribution in [2.24, 2.45) is 29.1 Å². The molecule has 2 saturated carbocycles. The molecule has 1 spiro atoms. The maximum atomic E-state index is 13.3. The number of nitrogens with one attached hydrogen (secondary N) is 2. The van der Waals surface area contributed by atoms with Crippen LogP contribution < -0.4 is 10.6 Å². The minimum absolute atomic E-state index is 0.0425. The number of unbranched alkanes of at least 4 members (excludes halogenated alkanes) is 1. The molecule has 1 heterocycles. The molecule has 6 heteroatoms. The number of carbonyl (C=O) groups excluding carboxylic acids is 2. The van der Waals surface area contributed by atoms with E-state index in [4.69, 9.17) is 0 Å². The number of allylic oxidation sites excluding steroid dienone is 2. The van der Waals surface area contributed by atoms with Gasteiger partial charge < -0.3 is 15.5 Å². The monoisotopic (exact) mass is 547 g/mol. The number of hydrogen-bond donors (Lipinski definition) is 2. The number of benzene rings is 1. The molecule has 2 amide bonds. The average molecular weight is 547 g/mol. The van der Waals surface area contributed by atoms with Crippen molar-refractivity contribution in [2.45, 2.75) is 45.1 Å². The van der Waals surface area contributed by atoms with Crippen LogP contribution in [0.1, 0.15) is 44.1 Å². The number of nitrogens with zero attached hydrogens (tertiary/aromatic N) is 1. The normalized spacial score (nSPS) is 29.5. The topological polar surface area (TPSA) is 61.4 Å². The van der Waals surface area contributed by atoms with Crippen LogP contribution in [0, 0.1) is 32.7 Å². The largest absolute Gasteiger partial charge is 0.356 e. The summed E-state index contributed by atoms with van der Waals surface area (Å²) in [7, 11) is 0. The molecule has 4 aliphatic rings. The summed E-state index contributed by atoms with van der Waals surface area (Å²) in [5.41, 5.74) is 1.28. The second kappa shape index (κ2) is 9.45. The Morgan fingerprint density at radius 3 is 2.19 bits per heavy atom. The van der Waals surface area contributed by atoms with E-state index < -0.39 is 0 Å². The zero-order chi connectivity index (χ0) is 22.1. The predicted octanol–water partition coefficient (Wildman–Crippen LogP) is 3.73. The number of halogens is 1. The Kier molecular flexibility index (Phi) is 6.61. The van der Waals surface area contributed by atoms with Crippen molar-refractivity contribution in [3.05, 3.63) is 45.6 Å². The Labute approximate surface area is 204 Å². The fourth-order valence-electron chi connectivity index (χ4n) is 6.41. The van der Waals surface area contributed by atoms with Crippen LogP contribution in [0.5, 0.6) is 0 Å². The van der Waals surface area contributed by atoms with Gasteiger partial charge in [0.05, 0.1) is 11.8 Å². The van der Waals surface area contributed by atoms with Crippen LogP contribution in [-0.4, -0.2) is 42.9 Å². The molecule has 0 radical (unpaired) electrons. The van der Waals surface area contributed by atoms with Crippen molar-refractivity contribution in [1.29, 1.82) is 0 Å². The van der Waals surface area contributed by atoms with E-state index in [-0.39, 0.29) is 40.9 Å². The van der Waals surface area contributed by atoms with Crippen LogP contribution in [0.25, 0.3) is 0 Å². The van der Waals surface area contributed by atoms with E-state index in [1.54, 1.807) is 0 Å². The Bertz CT molecular complexity index is 874. The Morgan fingerprint density at radius 2 is 1.56 bits per heavy atom. The molecule has 3 fully saturated rings. The van der Waals surface area contributed by atoms with E-state index in [1.165, 1.54) is 29.5 Å². The molecule has 1 saturated heterocycles. The quantitative estimate of drug-likeness (QED) is 0.282. The second-order valence-corrected chi connectivity index (χ2v) is 11.4. The lowest BCUT2D eigenvalue weighted by molar-refractivity contribution is -0.135. The van der Waals surface area contributed by atoms with Gasteiger partial charge in [0.2, 0.25) is 11.8 Å². The molecular formula is C26H34IN3O2. The van der Waals surface area contributed by atoms with E-state index in [9.17, 15) is 9.59 Å². The van der Waals surface area contributed by atoms with Gasteiger partial charge in [-0.2, -0.15) is 0 Å². The van der Waals surface area contributed by atoms with Gasteiger partial charge >= 0.3 is 0 Å². The van der Waals surface area contributed by atoms with E-state index >= 15 is 0 Å². The van der Waals surface area contributed by atoms with Crippen molar-refractivity contribution in [3.8, 4) is 0 Å². The molecule has 2 N–H and O–H groups in total. The first-order valence-corrected chi connectivity index (χ1v) is 13.4. The number of hydrogen-bond acceptors (Lipinski definition) is 3. The molecule has 5 nitrogen and oxygen atoms in total. The Balaban J connectivity index is 1.17. The fourth-order valence-corrected chi connectivity index (χ4v) is 6.77. The van der Waals surface area contributed by atoms with Crippen molar-refractivity contribution in [2.75, 3.05) is 26.2 Å². The van der Waals surface area contributed by atoms with E-state index in [1.807, 2.05) is 0 Å². The lowest BCUT2D eigenvalue weighted by Crippen LogP contribution is -2.44. The molecule has 0 unspecified atom stereocenters. The third kappa shape index (κ3) is 4.37. The summed E-state index contributed by atoms with van der Waals surface area (Å²) in [6.45, 7) is 4.83. The highest BCUT2D eigenvalue weighted by molar-refractivity contribution is 14.1. The average Bonchev–Trinajstić information content (AvgIpc) is 3.16. The number of likely N-dealkylation sites (tertiary alicyclic amines) is 1. The second-order valence-electron chi connectivity index (χ2n) is 10.1. The molecule has 4 atom stereocenters. The van der Waals surface area contributed by atoms with Crippen molar-refractivity contribution < 1.29 is 9.59 Å². The fraction of sp³-hybridized carbons (Fsp3) is 0.615. The van der Waals surface area contributed by atoms with Crippen molar-refractivity contribution in [3.63, 3.8) is 0 Å². The number of amides is 2. The molecule has 32 heavy (non-hydrogen) atoms. The van der Waals surface area contributed by atoms with Gasteiger partial charge in [0, 0.05) is 16.7 Å². The third-order valence-electron chi connectivity index (χ3n) is 8.23. The summed E-state index contributed by atoms with van der Waals surface area (Å²) in [4.78, 5) is 29.1. The van der Waals surface area contributed by atoms with E-state index in [0.717, 1.165) is 37.8 Å². The molecule has 1 aromatic rings. The summed E-state index contributed by atoms with van der Waals surface area (Å²) < 4.78 is 1.18. The third-order valence-corrected chi connectivity index (χ3v) is 8.95. The molecular weight excluding hydrogens is 513 g/mol. The van der Waals surface area contributed by atoms with Crippen LogP contribution >= 0.6 is 22.6 Å². The highest BCUT2D eigenvalue weighted by Gasteiger charge is 2.69. The van der Waals surface area contributed by atoms with Gasteiger partial charge in [-0.3, -0.25) is 9.59 Å². The zero-order valence-electron chi connectivity index (χ0n) is 18.7. The number of rotatable bonds is 9. The van der Waals surface area contributed by atoms with E-state index in [0.29, 0.717) is 13.1 Å². The van der Waals surface area contributed by atoms with Crippen molar-refractivity contribution in [1.82, 2.24) is 15.5 Å². The van der Waals surface area contributed by atoms with Gasteiger partial charge in [-0.25, -0.2) is 0 Å². The van der Waals surface area contributed by atoms with Crippen LogP contribution in [0.2, 0.25) is 0 Å². The summed E-state index contributed by atoms with van der Waals surface area (Å²) in [5, 5.41) is 6.34. The first kappa shape index (κ1) is 22.4. The van der Waals surface area contributed by atoms with Crippen LogP contribution in [0.15, 0.2) is 36.4 Å². The van der Waals surface area contributed by atoms with Crippen molar-refractivity contribution >= 4 is 34.4 Å². The molecule has 2 bridgehead atoms. The maximum absolute atomic E-state index is 13.3. The van der Waals surface area contributed by atoms with Gasteiger partial charge in [0.25, 0.3) is 0 Å². The summed E-state index contributed by atoms with van der Waals surface area (Å²) in [5.74, 6) is 0.120. The smallest absolute Gasteiger partial charge is 0.224 e. The van der Waals surface area contributed by atoms with Gasteiger partial charge in [-0.05, 0) is 116 Å². The van der Waals surface area contributed by atoms with E-state index in [2.05, 4.69) is 74.5 Å². The predicted molar refractivity (Wildman–Crippen MR) is 134 cm³/mol. The van der Waals surface area contributed by atoms with Gasteiger partial charge in [0.15, 0.2) is 0 Å². The highest BCUT2D eigenvalue weighted by atomic mass is 127. The van der Waals surface area contributed by atoms with Crippen LogP contribution in [0.4, 0.5) is 0 Å². The zero-order valence-corrected chi connectivity index (χ0v) is 20.9. The first-order chi connectivity index (χ1) is 15.6. The molecule has 0 aromatic heterocycles. The Hall–Kier alpha value is -1.41. The minimum Gasteiger partial charge on any atom is -0.356 e. The Morgan fingerprint density at radius 1 is 0.938 bits per heavy atom. The molecule has 1 aliphatic heterocycles. The van der Waals surface area contributed by atoms with Gasteiger partial charge in [-0.1, -0.05) is 24.3 Å². The molecule has 5 rings (SSSR count). The van der Waals surface area contributed by atoms with Gasteiger partial charge in [-0.15, -0.1) is 0 Å². The maximum Gasteiger partial charge on any atom is 0.224 e. The highest BCUT2D eigenvalue weighted by Crippen LogP contribution is 2.72.